The summed E-state index contributed by atoms with van der Waals surface area (Å²) in [5.41, 5.74) is 6.71. The van der Waals surface area contributed by atoms with Crippen molar-refractivity contribution in [3.8, 4) is 0 Å². The average Bonchev–Trinajstić information content (AvgIpc) is 2.68. The third kappa shape index (κ3) is 2.26. The van der Waals surface area contributed by atoms with Gasteiger partial charge in [-0.25, -0.2) is 4.39 Å². The summed E-state index contributed by atoms with van der Waals surface area (Å²) >= 11 is 0. The van der Waals surface area contributed by atoms with E-state index in [0.717, 1.165) is 0 Å². The molecule has 6 heteroatoms. The van der Waals surface area contributed by atoms with Crippen LogP contribution in [0.4, 0.5) is 4.39 Å². The van der Waals surface area contributed by atoms with Crippen molar-refractivity contribution >= 4 is 16.9 Å². The summed E-state index contributed by atoms with van der Waals surface area (Å²) < 4.78 is 13.1. The molecular formula is C11H12FN3O2. The molecule has 2 rings (SSSR count). The van der Waals surface area contributed by atoms with E-state index in [1.54, 1.807) is 6.07 Å². The highest BCUT2D eigenvalue weighted by molar-refractivity contribution is 5.82. The number of carboxylic acids is 1. The molecule has 5 nitrogen and oxygen atoms in total. The molecule has 4 N–H and O–H groups in total. The first-order valence-corrected chi connectivity index (χ1v) is 5.17. The van der Waals surface area contributed by atoms with E-state index in [9.17, 15) is 9.18 Å². The van der Waals surface area contributed by atoms with E-state index < -0.39 is 5.97 Å². The van der Waals surface area contributed by atoms with Crippen molar-refractivity contribution in [1.82, 2.24) is 10.2 Å². The van der Waals surface area contributed by atoms with Gasteiger partial charge in [0.15, 0.2) is 0 Å². The first kappa shape index (κ1) is 11.5. The van der Waals surface area contributed by atoms with Gasteiger partial charge in [0.2, 0.25) is 0 Å². The number of rotatable bonds is 4. The molecule has 0 radical (unpaired) electrons. The third-order valence-electron chi connectivity index (χ3n) is 2.66. The highest BCUT2D eigenvalue weighted by atomic mass is 19.1. The van der Waals surface area contributed by atoms with E-state index in [-0.39, 0.29) is 24.7 Å². The number of nitrogens with one attached hydrogen (secondary N) is 1. The Morgan fingerprint density at radius 3 is 3.00 bits per heavy atom. The van der Waals surface area contributed by atoms with Gasteiger partial charge in [-0.15, -0.1) is 0 Å². The topological polar surface area (TPSA) is 92.0 Å². The quantitative estimate of drug-likeness (QED) is 0.745. The SMILES string of the molecule is NCC(CC(=O)O)c1[nH]nc2ccc(F)cc12. The number of hydrogen-bond donors (Lipinski definition) is 3. The monoisotopic (exact) mass is 237 g/mol. The van der Waals surface area contributed by atoms with Crippen molar-refractivity contribution in [1.29, 1.82) is 0 Å². The van der Waals surface area contributed by atoms with Crippen LogP contribution in [-0.4, -0.2) is 27.8 Å². The predicted octanol–water partition coefficient (Wildman–Crippen LogP) is 1.22. The third-order valence-corrected chi connectivity index (χ3v) is 2.66. The summed E-state index contributed by atoms with van der Waals surface area (Å²) in [5, 5.41) is 16.1. The van der Waals surface area contributed by atoms with Gasteiger partial charge in [-0.05, 0) is 18.2 Å². The molecule has 1 heterocycles. The molecule has 0 aliphatic carbocycles. The van der Waals surface area contributed by atoms with Crippen LogP contribution in [0.25, 0.3) is 10.9 Å². The number of nitrogens with zero attached hydrogens (tertiary/aromatic N) is 1. The Morgan fingerprint density at radius 2 is 2.35 bits per heavy atom. The van der Waals surface area contributed by atoms with E-state index in [4.69, 9.17) is 10.8 Å². The van der Waals surface area contributed by atoms with Gasteiger partial charge >= 0.3 is 5.97 Å². The first-order valence-electron chi connectivity index (χ1n) is 5.17. The minimum absolute atomic E-state index is 0.107. The highest BCUT2D eigenvalue weighted by Crippen LogP contribution is 2.25. The number of aliphatic carboxylic acids is 1. The van der Waals surface area contributed by atoms with Crippen molar-refractivity contribution in [2.24, 2.45) is 5.73 Å². The molecule has 0 amide bonds. The van der Waals surface area contributed by atoms with Crippen LogP contribution in [0.15, 0.2) is 18.2 Å². The fourth-order valence-corrected chi connectivity index (χ4v) is 1.83. The Bertz CT molecular complexity index is 553. The Balaban J connectivity index is 2.46. The Morgan fingerprint density at radius 1 is 1.59 bits per heavy atom. The molecule has 1 aromatic heterocycles. The maximum atomic E-state index is 13.1. The first-order chi connectivity index (χ1) is 8.11. The number of carbonyl (C=O) groups is 1. The molecule has 0 bridgehead atoms. The van der Waals surface area contributed by atoms with Crippen LogP contribution in [0.2, 0.25) is 0 Å². The second-order valence-electron chi connectivity index (χ2n) is 3.83. The average molecular weight is 237 g/mol. The number of carboxylic acid groups (broad SMARTS) is 1. The summed E-state index contributed by atoms with van der Waals surface area (Å²) in [6, 6.07) is 4.18. The van der Waals surface area contributed by atoms with Gasteiger partial charge in [-0.3, -0.25) is 9.89 Å². The lowest BCUT2D eigenvalue weighted by Gasteiger charge is -2.10. The van der Waals surface area contributed by atoms with Crippen LogP contribution >= 0.6 is 0 Å². The number of nitrogens with two attached hydrogens (primary N) is 1. The van der Waals surface area contributed by atoms with Crippen molar-refractivity contribution in [2.75, 3.05) is 6.54 Å². The van der Waals surface area contributed by atoms with Gasteiger partial charge in [-0.2, -0.15) is 5.10 Å². The molecular weight excluding hydrogens is 225 g/mol. The zero-order valence-corrected chi connectivity index (χ0v) is 8.98. The Hall–Kier alpha value is -1.95. The van der Waals surface area contributed by atoms with Crippen molar-refractivity contribution < 1.29 is 14.3 Å². The molecule has 1 unspecified atom stereocenters. The van der Waals surface area contributed by atoms with Crippen molar-refractivity contribution in [3.63, 3.8) is 0 Å². The van der Waals surface area contributed by atoms with Crippen LogP contribution < -0.4 is 5.73 Å². The van der Waals surface area contributed by atoms with E-state index in [0.29, 0.717) is 16.6 Å². The second kappa shape index (κ2) is 4.50. The molecule has 0 saturated carbocycles. The van der Waals surface area contributed by atoms with Crippen LogP contribution in [0.5, 0.6) is 0 Å². The number of H-pyrrole nitrogens is 1. The highest BCUT2D eigenvalue weighted by Gasteiger charge is 2.19. The molecule has 90 valence electrons. The van der Waals surface area contributed by atoms with Crippen LogP contribution in [0.1, 0.15) is 18.0 Å². The number of benzene rings is 1. The zero-order valence-electron chi connectivity index (χ0n) is 8.98. The van der Waals surface area contributed by atoms with Gasteiger partial charge in [0.1, 0.15) is 5.82 Å². The predicted molar refractivity (Wildman–Crippen MR) is 60.1 cm³/mol. The molecule has 0 spiro atoms. The molecule has 2 aromatic rings. The Labute approximate surface area is 96.4 Å². The summed E-state index contributed by atoms with van der Waals surface area (Å²) in [7, 11) is 0. The lowest BCUT2D eigenvalue weighted by molar-refractivity contribution is -0.137. The fourth-order valence-electron chi connectivity index (χ4n) is 1.83. The van der Waals surface area contributed by atoms with Crippen LogP contribution in [0.3, 0.4) is 0 Å². The Kier molecular flexibility index (Phi) is 3.06. The summed E-state index contributed by atoms with van der Waals surface area (Å²) in [6.45, 7) is 0.167. The van der Waals surface area contributed by atoms with Gasteiger partial charge in [0, 0.05) is 23.5 Å². The minimum atomic E-state index is -0.945. The number of halogens is 1. The zero-order chi connectivity index (χ0) is 12.4. The second-order valence-corrected chi connectivity index (χ2v) is 3.83. The summed E-state index contributed by atoms with van der Waals surface area (Å²) in [4.78, 5) is 10.7. The molecule has 0 saturated heterocycles. The molecule has 1 atom stereocenters. The van der Waals surface area contributed by atoms with Crippen molar-refractivity contribution in [2.45, 2.75) is 12.3 Å². The smallest absolute Gasteiger partial charge is 0.304 e. The van der Waals surface area contributed by atoms with E-state index >= 15 is 0 Å². The molecule has 0 fully saturated rings. The van der Waals surface area contributed by atoms with E-state index in [1.807, 2.05) is 0 Å². The summed E-state index contributed by atoms with van der Waals surface area (Å²) in [6.07, 6.45) is -0.107. The lowest BCUT2D eigenvalue weighted by Crippen LogP contribution is -2.16. The van der Waals surface area contributed by atoms with Crippen molar-refractivity contribution in [3.05, 3.63) is 29.7 Å². The largest absolute Gasteiger partial charge is 0.481 e. The number of hydrogen-bond acceptors (Lipinski definition) is 3. The molecule has 17 heavy (non-hydrogen) atoms. The molecule has 0 aliphatic heterocycles. The maximum absolute atomic E-state index is 13.1. The van der Waals surface area contributed by atoms with Gasteiger partial charge in [0.25, 0.3) is 0 Å². The van der Waals surface area contributed by atoms with E-state index in [1.165, 1.54) is 12.1 Å². The fraction of sp³-hybridized carbons (Fsp3) is 0.273. The van der Waals surface area contributed by atoms with Gasteiger partial charge < -0.3 is 10.8 Å². The summed E-state index contributed by atoms with van der Waals surface area (Å²) in [5.74, 6) is -1.72. The maximum Gasteiger partial charge on any atom is 0.304 e. The number of aromatic nitrogens is 2. The number of fused-ring (bicyclic) bond motifs is 1. The van der Waals surface area contributed by atoms with E-state index in [2.05, 4.69) is 10.2 Å². The molecule has 0 aliphatic rings. The van der Waals surface area contributed by atoms with Gasteiger partial charge in [0.05, 0.1) is 11.9 Å². The van der Waals surface area contributed by atoms with Crippen LogP contribution in [0, 0.1) is 5.82 Å². The normalized spacial score (nSPS) is 12.8. The minimum Gasteiger partial charge on any atom is -0.481 e. The van der Waals surface area contributed by atoms with Crippen LogP contribution in [-0.2, 0) is 4.79 Å². The lowest BCUT2D eigenvalue weighted by atomic mass is 9.98. The van der Waals surface area contributed by atoms with Gasteiger partial charge in [-0.1, -0.05) is 0 Å². The standard InChI is InChI=1S/C11H12FN3O2/c12-7-1-2-9-8(4-7)11(15-14-9)6(5-13)3-10(16)17/h1-2,4,6H,3,5,13H2,(H,14,15)(H,16,17). The molecule has 1 aromatic carbocycles. The number of aromatic amines is 1.